The van der Waals surface area contributed by atoms with Gasteiger partial charge in [-0.1, -0.05) is 0 Å². The molecule has 0 aliphatic carbocycles. The average molecular weight is 211 g/mol. The summed E-state index contributed by atoms with van der Waals surface area (Å²) in [5.41, 5.74) is -0.225. The van der Waals surface area contributed by atoms with Crippen LogP contribution in [0.5, 0.6) is 0 Å². The van der Waals surface area contributed by atoms with E-state index in [1.54, 1.807) is 0 Å². The standard InChI is InChI=1S/C8H18N2O2.ClH/c1-8(2,3)10-7(11)12-6-5-9-4;/h9H,5-6H2,1-4H3,(H,10,11);1H. The molecule has 0 aliphatic heterocycles. The second-order valence-corrected chi connectivity index (χ2v) is 3.61. The fourth-order valence-electron chi connectivity index (χ4n) is 0.588. The Hall–Kier alpha value is -0.480. The van der Waals surface area contributed by atoms with Crippen molar-refractivity contribution in [3.63, 3.8) is 0 Å². The molecular formula is C8H19ClN2O2. The van der Waals surface area contributed by atoms with Crippen molar-refractivity contribution in [2.45, 2.75) is 26.3 Å². The van der Waals surface area contributed by atoms with Gasteiger partial charge in [0.2, 0.25) is 0 Å². The van der Waals surface area contributed by atoms with Gasteiger partial charge in [0, 0.05) is 12.1 Å². The number of hydrogen-bond acceptors (Lipinski definition) is 3. The fraction of sp³-hybridized carbons (Fsp3) is 0.875. The van der Waals surface area contributed by atoms with Crippen LogP contribution in [-0.4, -0.2) is 31.8 Å². The number of carbonyl (C=O) groups excluding carboxylic acids is 1. The van der Waals surface area contributed by atoms with Crippen molar-refractivity contribution in [2.75, 3.05) is 20.2 Å². The summed E-state index contributed by atoms with van der Waals surface area (Å²) in [6.07, 6.45) is -0.363. The lowest BCUT2D eigenvalue weighted by molar-refractivity contribution is 0.139. The molecule has 0 atom stereocenters. The minimum atomic E-state index is -0.363. The van der Waals surface area contributed by atoms with Crippen LogP contribution in [-0.2, 0) is 4.74 Å². The van der Waals surface area contributed by atoms with E-state index < -0.39 is 0 Å². The molecule has 0 heterocycles. The van der Waals surface area contributed by atoms with E-state index in [-0.39, 0.29) is 24.0 Å². The Morgan fingerprint density at radius 3 is 2.31 bits per heavy atom. The van der Waals surface area contributed by atoms with Gasteiger partial charge in [-0.2, -0.15) is 0 Å². The zero-order chi connectivity index (χ0) is 9.61. The Kier molecular flexibility index (Phi) is 8.05. The van der Waals surface area contributed by atoms with E-state index in [1.807, 2.05) is 27.8 Å². The quantitative estimate of drug-likeness (QED) is 0.688. The van der Waals surface area contributed by atoms with Crippen molar-refractivity contribution in [1.82, 2.24) is 10.6 Å². The highest BCUT2D eigenvalue weighted by Crippen LogP contribution is 1.98. The van der Waals surface area contributed by atoms with Gasteiger partial charge in [0.05, 0.1) is 0 Å². The number of likely N-dealkylation sites (N-methyl/N-ethyl adjacent to an activating group) is 1. The van der Waals surface area contributed by atoms with Gasteiger partial charge < -0.3 is 15.4 Å². The number of amides is 1. The molecule has 0 saturated carbocycles. The monoisotopic (exact) mass is 210 g/mol. The number of ether oxygens (including phenoxy) is 1. The molecule has 0 saturated heterocycles. The smallest absolute Gasteiger partial charge is 0.407 e. The first kappa shape index (κ1) is 15.0. The minimum Gasteiger partial charge on any atom is -0.448 e. The largest absolute Gasteiger partial charge is 0.448 e. The predicted molar refractivity (Wildman–Crippen MR) is 55.4 cm³/mol. The highest BCUT2D eigenvalue weighted by atomic mass is 35.5. The maximum atomic E-state index is 11.0. The molecule has 0 aliphatic rings. The number of hydrogen-bond donors (Lipinski definition) is 2. The van der Waals surface area contributed by atoms with E-state index in [2.05, 4.69) is 10.6 Å². The minimum absolute atomic E-state index is 0. The molecule has 0 rings (SSSR count). The van der Waals surface area contributed by atoms with Gasteiger partial charge in [-0.05, 0) is 27.8 Å². The molecule has 2 N–H and O–H groups in total. The highest BCUT2D eigenvalue weighted by Gasteiger charge is 2.13. The van der Waals surface area contributed by atoms with Crippen LogP contribution in [0.2, 0.25) is 0 Å². The second kappa shape index (κ2) is 6.97. The number of alkyl carbamates (subject to hydrolysis) is 1. The normalized spacial score (nSPS) is 10.2. The molecule has 0 bridgehead atoms. The third-order valence-corrected chi connectivity index (χ3v) is 1.06. The predicted octanol–water partition coefficient (Wildman–Crippen LogP) is 1.15. The van der Waals surface area contributed by atoms with Gasteiger partial charge in [0.25, 0.3) is 0 Å². The number of carbonyl (C=O) groups is 1. The molecule has 13 heavy (non-hydrogen) atoms. The first-order valence-corrected chi connectivity index (χ1v) is 4.05. The fourth-order valence-corrected chi connectivity index (χ4v) is 0.588. The molecule has 0 unspecified atom stereocenters. The van der Waals surface area contributed by atoms with Gasteiger partial charge in [0.15, 0.2) is 0 Å². The van der Waals surface area contributed by atoms with E-state index in [4.69, 9.17) is 4.74 Å². The topological polar surface area (TPSA) is 50.4 Å². The van der Waals surface area contributed by atoms with E-state index in [1.165, 1.54) is 0 Å². The summed E-state index contributed by atoms with van der Waals surface area (Å²) in [5.74, 6) is 0. The maximum Gasteiger partial charge on any atom is 0.407 e. The van der Waals surface area contributed by atoms with E-state index in [0.717, 1.165) is 0 Å². The van der Waals surface area contributed by atoms with Crippen LogP contribution in [0.1, 0.15) is 20.8 Å². The van der Waals surface area contributed by atoms with E-state index in [0.29, 0.717) is 13.2 Å². The van der Waals surface area contributed by atoms with Crippen LogP contribution in [0.15, 0.2) is 0 Å². The Morgan fingerprint density at radius 2 is 1.92 bits per heavy atom. The summed E-state index contributed by atoms with van der Waals surface area (Å²) < 4.78 is 4.85. The summed E-state index contributed by atoms with van der Waals surface area (Å²) in [7, 11) is 1.81. The Labute approximate surface area is 85.8 Å². The SMILES string of the molecule is CNCCOC(=O)NC(C)(C)C.Cl. The summed E-state index contributed by atoms with van der Waals surface area (Å²) >= 11 is 0. The molecule has 0 aromatic rings. The van der Waals surface area contributed by atoms with Gasteiger partial charge >= 0.3 is 6.09 Å². The molecule has 0 spiro atoms. The third-order valence-electron chi connectivity index (χ3n) is 1.06. The number of halogens is 1. The van der Waals surface area contributed by atoms with Crippen molar-refractivity contribution in [3.8, 4) is 0 Å². The first-order valence-electron chi connectivity index (χ1n) is 4.05. The number of nitrogens with one attached hydrogen (secondary N) is 2. The second-order valence-electron chi connectivity index (χ2n) is 3.61. The zero-order valence-corrected chi connectivity index (χ0v) is 9.46. The molecular weight excluding hydrogens is 192 g/mol. The number of rotatable bonds is 3. The van der Waals surface area contributed by atoms with Crippen molar-refractivity contribution < 1.29 is 9.53 Å². The lowest BCUT2D eigenvalue weighted by Crippen LogP contribution is -2.41. The summed E-state index contributed by atoms with van der Waals surface area (Å²) in [4.78, 5) is 11.0. The van der Waals surface area contributed by atoms with Crippen LogP contribution >= 0.6 is 12.4 Å². The third kappa shape index (κ3) is 11.5. The van der Waals surface area contributed by atoms with Gasteiger partial charge in [-0.3, -0.25) is 0 Å². The van der Waals surface area contributed by atoms with Crippen LogP contribution in [0.3, 0.4) is 0 Å². The van der Waals surface area contributed by atoms with E-state index >= 15 is 0 Å². The summed E-state index contributed by atoms with van der Waals surface area (Å²) in [6, 6.07) is 0. The van der Waals surface area contributed by atoms with Crippen molar-refractivity contribution >= 4 is 18.5 Å². The molecule has 0 aromatic carbocycles. The van der Waals surface area contributed by atoms with Crippen molar-refractivity contribution in [1.29, 1.82) is 0 Å². The Bertz CT molecular complexity index is 146. The van der Waals surface area contributed by atoms with Crippen LogP contribution in [0, 0.1) is 0 Å². The molecule has 0 aromatic heterocycles. The maximum absolute atomic E-state index is 11.0. The molecule has 0 radical (unpaired) electrons. The lowest BCUT2D eigenvalue weighted by atomic mass is 10.1. The average Bonchev–Trinajstić information content (AvgIpc) is 1.84. The van der Waals surface area contributed by atoms with Gasteiger partial charge in [-0.25, -0.2) is 4.79 Å². The first-order chi connectivity index (χ1) is 5.45. The van der Waals surface area contributed by atoms with Gasteiger partial charge in [0.1, 0.15) is 6.61 Å². The lowest BCUT2D eigenvalue weighted by Gasteiger charge is -2.19. The Balaban J connectivity index is 0. The molecule has 4 nitrogen and oxygen atoms in total. The molecule has 5 heteroatoms. The van der Waals surface area contributed by atoms with Gasteiger partial charge in [-0.15, -0.1) is 12.4 Å². The Morgan fingerprint density at radius 1 is 1.38 bits per heavy atom. The van der Waals surface area contributed by atoms with Crippen molar-refractivity contribution in [3.05, 3.63) is 0 Å². The molecule has 80 valence electrons. The summed E-state index contributed by atoms with van der Waals surface area (Å²) in [6.45, 7) is 6.81. The van der Waals surface area contributed by atoms with E-state index in [9.17, 15) is 4.79 Å². The molecule has 1 amide bonds. The highest BCUT2D eigenvalue weighted by molar-refractivity contribution is 5.85. The van der Waals surface area contributed by atoms with Crippen LogP contribution < -0.4 is 10.6 Å². The summed E-state index contributed by atoms with van der Waals surface area (Å²) in [5, 5.41) is 5.57. The van der Waals surface area contributed by atoms with Crippen LogP contribution in [0.25, 0.3) is 0 Å². The van der Waals surface area contributed by atoms with Crippen LogP contribution in [0.4, 0.5) is 4.79 Å². The zero-order valence-electron chi connectivity index (χ0n) is 8.64. The van der Waals surface area contributed by atoms with Crippen molar-refractivity contribution in [2.24, 2.45) is 0 Å². The molecule has 0 fully saturated rings.